The minimum absolute atomic E-state index is 0. The predicted octanol–water partition coefficient (Wildman–Crippen LogP) is 4.41. The topological polar surface area (TPSA) is 118 Å². The highest BCUT2D eigenvalue weighted by molar-refractivity contribution is 14.1. The standard InChI is InChI=1S/2C10H20BO2P.C9H17BFO2P.C9H17BIO2P.CH4/c2*1-7-9(12)8(13-10(7)11)5-6-14(2,3)4;2*1-14(2,3)5-4-6-8(12)7(11)9(10)13-6;/h2*7-10,12H,2,5-6H2,1,3-4H3;2*6-9,12H,1,4-5H2,2-3H3;1H4/t2*7-,8-,9+,10-;2*6-,7-,8-,9-;/m1111./s1. The molecule has 328 valence electrons. The summed E-state index contributed by atoms with van der Waals surface area (Å²) in [5.41, 5.74) is 0. The van der Waals surface area contributed by atoms with Crippen molar-refractivity contribution in [2.24, 2.45) is 11.8 Å². The fourth-order valence-electron chi connectivity index (χ4n) is 6.25. The van der Waals surface area contributed by atoms with E-state index < -0.39 is 70.2 Å². The van der Waals surface area contributed by atoms with Crippen LogP contribution in [-0.4, -0.2) is 238 Å². The minimum atomic E-state index is -1.45. The van der Waals surface area contributed by atoms with Crippen LogP contribution in [0.25, 0.3) is 0 Å². The molecule has 8 nitrogen and oxygen atoms in total. The maximum absolute atomic E-state index is 13.1. The number of ether oxygens (including phenoxy) is 4. The van der Waals surface area contributed by atoms with E-state index in [9.17, 15) is 24.8 Å². The van der Waals surface area contributed by atoms with E-state index in [-0.39, 0.29) is 59.5 Å². The molecule has 0 spiro atoms. The molecular formula is C39H78B4FIO8P4. The summed E-state index contributed by atoms with van der Waals surface area (Å²) in [4.78, 5) is 0. The summed E-state index contributed by atoms with van der Waals surface area (Å²) in [5.74, 6) is 0.0949. The molecule has 0 aromatic carbocycles. The second-order valence-electron chi connectivity index (χ2n) is 18.9. The third-order valence-corrected chi connectivity index (χ3v) is 17.6. The number of hydrogen-bond acceptors (Lipinski definition) is 8. The summed E-state index contributed by atoms with van der Waals surface area (Å²) in [6.07, 6.45) is 19.3. The molecular weight excluding hydrogens is 909 g/mol. The van der Waals surface area contributed by atoms with Gasteiger partial charge in [0.1, 0.15) is 43.7 Å². The van der Waals surface area contributed by atoms with Gasteiger partial charge in [-0.2, -0.15) is 0 Å². The predicted molar refractivity (Wildman–Crippen MR) is 271 cm³/mol. The summed E-state index contributed by atoms with van der Waals surface area (Å²) < 4.78 is 34.7. The van der Waals surface area contributed by atoms with Gasteiger partial charge in [-0.15, -0.1) is 52.7 Å². The monoisotopic (exact) mass is 988 g/mol. The van der Waals surface area contributed by atoms with Crippen LogP contribution in [0.3, 0.4) is 0 Å². The van der Waals surface area contributed by atoms with Gasteiger partial charge >= 0.3 is 0 Å². The molecule has 4 heterocycles. The lowest BCUT2D eigenvalue weighted by Crippen LogP contribution is -2.29. The summed E-state index contributed by atoms with van der Waals surface area (Å²) in [6.45, 7) is 17.0. The van der Waals surface area contributed by atoms with Crippen LogP contribution < -0.4 is 0 Å². The Balaban J connectivity index is 0.000000729. The Morgan fingerprint density at radius 2 is 0.737 bits per heavy atom. The largest absolute Gasteiger partial charge is 0.390 e. The Morgan fingerprint density at radius 1 is 0.491 bits per heavy atom. The van der Waals surface area contributed by atoms with Crippen LogP contribution in [-0.2, 0) is 18.9 Å². The molecule has 4 rings (SSSR count). The van der Waals surface area contributed by atoms with Gasteiger partial charge < -0.3 is 39.4 Å². The van der Waals surface area contributed by atoms with Crippen LogP contribution in [0.5, 0.6) is 0 Å². The van der Waals surface area contributed by atoms with E-state index in [4.69, 9.17) is 50.3 Å². The highest BCUT2D eigenvalue weighted by Gasteiger charge is 2.42. The first-order chi connectivity index (χ1) is 25.2. The van der Waals surface area contributed by atoms with E-state index in [1.807, 2.05) is 13.8 Å². The number of halogens is 2. The molecule has 4 fully saturated rings. The Kier molecular flexibility index (Phi) is 26.1. The van der Waals surface area contributed by atoms with E-state index in [1.165, 1.54) is 0 Å². The average molecular weight is 988 g/mol. The molecule has 16 atom stereocenters. The van der Waals surface area contributed by atoms with Gasteiger partial charge in [0.15, 0.2) is 0 Å². The van der Waals surface area contributed by atoms with Gasteiger partial charge in [0, 0.05) is 29.8 Å². The van der Waals surface area contributed by atoms with Crippen molar-refractivity contribution in [1.82, 2.24) is 0 Å². The Morgan fingerprint density at radius 3 is 0.930 bits per heavy atom. The molecule has 8 radical (unpaired) electrons. The number of alkyl halides is 2. The fourth-order valence-corrected chi connectivity index (χ4v) is 10.7. The summed E-state index contributed by atoms with van der Waals surface area (Å²) in [5, 5.41) is 38.9. The summed E-state index contributed by atoms with van der Waals surface area (Å²) >= 11 is 2.15. The molecule has 0 amide bonds. The van der Waals surface area contributed by atoms with Crippen LogP contribution in [0.15, 0.2) is 0 Å². The minimum Gasteiger partial charge on any atom is -0.390 e. The third-order valence-electron chi connectivity index (χ3n) is 10.3. The quantitative estimate of drug-likeness (QED) is 0.0985. The zero-order valence-electron chi connectivity index (χ0n) is 36.0. The lowest BCUT2D eigenvalue weighted by molar-refractivity contribution is 0.0289. The van der Waals surface area contributed by atoms with Crippen molar-refractivity contribution in [3.8, 4) is 0 Å². The van der Waals surface area contributed by atoms with Crippen molar-refractivity contribution < 1.29 is 43.8 Å². The Bertz CT molecular complexity index is 1170. The third kappa shape index (κ3) is 22.3. The SMILES string of the molecule is C.[B][C@@H]1O[C@H](CCP(=C)(C)C)[C@@H](O)[C@H]1C.[B][C@@H]1O[C@H](CCP(=C)(C)C)[C@@H](O)[C@H]1C.[B][C@@H]1O[C@H](CCP(=C)(C)C)[C@@H](O)[C@H]1F.[B][C@@H]1O[C@H](CCP(=C)(C)C)[C@@H](O)[C@H]1I. The second-order valence-corrected chi connectivity index (χ2v) is 37.6. The van der Waals surface area contributed by atoms with E-state index in [1.54, 1.807) is 0 Å². The first-order valence-corrected chi connectivity index (χ1v) is 33.0. The lowest BCUT2D eigenvalue weighted by Gasteiger charge is -2.19. The van der Waals surface area contributed by atoms with Crippen LogP contribution >= 0.6 is 50.1 Å². The molecule has 4 N–H and O–H groups in total. The molecule has 0 bridgehead atoms. The fraction of sp³-hybridized carbons (Fsp3) is 0.897. The maximum atomic E-state index is 13.1. The van der Waals surface area contributed by atoms with Crippen molar-refractivity contribution in [2.75, 3.05) is 78.0 Å². The highest BCUT2D eigenvalue weighted by Crippen LogP contribution is 2.41. The van der Waals surface area contributed by atoms with Crippen LogP contribution in [0.4, 0.5) is 4.39 Å². The molecule has 0 aromatic rings. The van der Waals surface area contributed by atoms with Crippen molar-refractivity contribution >= 4 is 107 Å². The molecule has 4 aliphatic rings. The number of hydrogen-bond donors (Lipinski definition) is 4. The molecule has 57 heavy (non-hydrogen) atoms. The van der Waals surface area contributed by atoms with Gasteiger partial charge in [-0.25, -0.2) is 4.39 Å². The number of aliphatic hydroxyl groups excluding tert-OH is 4. The molecule has 4 saturated heterocycles. The lowest BCUT2D eigenvalue weighted by atomic mass is 9.86. The molecule has 4 aliphatic heterocycles. The summed E-state index contributed by atoms with van der Waals surface area (Å²) in [7, 11) is 22.5. The normalized spacial score (nSPS) is 38.2. The van der Waals surface area contributed by atoms with Crippen molar-refractivity contribution in [3.05, 3.63) is 0 Å². The average Bonchev–Trinajstić information content (AvgIpc) is 3.66. The van der Waals surface area contributed by atoms with Crippen LogP contribution in [0.1, 0.15) is 47.0 Å². The van der Waals surface area contributed by atoms with E-state index in [0.717, 1.165) is 43.9 Å². The zero-order valence-corrected chi connectivity index (χ0v) is 41.7. The Labute approximate surface area is 368 Å². The van der Waals surface area contributed by atoms with E-state index in [0.29, 0.717) is 6.42 Å². The van der Waals surface area contributed by atoms with Gasteiger partial charge in [0.25, 0.3) is 0 Å². The van der Waals surface area contributed by atoms with E-state index >= 15 is 0 Å². The van der Waals surface area contributed by atoms with Gasteiger partial charge in [-0.3, -0.25) is 0 Å². The van der Waals surface area contributed by atoms with Gasteiger partial charge in [-0.1, -0.05) is 43.9 Å². The molecule has 0 saturated carbocycles. The molecule has 0 unspecified atom stereocenters. The zero-order chi connectivity index (χ0) is 43.7. The van der Waals surface area contributed by atoms with E-state index in [2.05, 4.69) is 101 Å². The van der Waals surface area contributed by atoms with Crippen LogP contribution in [0.2, 0.25) is 0 Å². The Hall–Kier alpha value is 1.80. The smallest absolute Gasteiger partial charge is 0.146 e. The van der Waals surface area contributed by atoms with Gasteiger partial charge in [-0.05, 0) is 104 Å². The van der Waals surface area contributed by atoms with Crippen molar-refractivity contribution in [3.63, 3.8) is 0 Å². The summed E-state index contributed by atoms with van der Waals surface area (Å²) in [6, 6.07) is -1.90. The van der Waals surface area contributed by atoms with Gasteiger partial charge in [0.05, 0.1) is 52.7 Å². The maximum Gasteiger partial charge on any atom is 0.146 e. The number of aliphatic hydroxyl groups is 4. The van der Waals surface area contributed by atoms with Crippen molar-refractivity contribution in [2.45, 2.75) is 130 Å². The second kappa shape index (κ2) is 25.3. The highest BCUT2D eigenvalue weighted by atomic mass is 127. The first kappa shape index (κ1) is 58.8. The number of rotatable bonds is 12. The first-order valence-electron chi connectivity index (χ1n) is 19.6. The van der Waals surface area contributed by atoms with Crippen molar-refractivity contribution in [1.29, 1.82) is 0 Å². The molecule has 18 heteroatoms. The molecule has 0 aromatic heterocycles. The van der Waals surface area contributed by atoms with Gasteiger partial charge in [0.2, 0.25) is 0 Å². The molecule has 0 aliphatic carbocycles. The van der Waals surface area contributed by atoms with Crippen LogP contribution in [0, 0.1) is 11.8 Å².